The fourth-order valence-electron chi connectivity index (χ4n) is 9.81. The van der Waals surface area contributed by atoms with Crippen LogP contribution in [0.3, 0.4) is 0 Å². The highest BCUT2D eigenvalue weighted by atomic mass is 15.3. The third kappa shape index (κ3) is 2.57. The third-order valence-corrected chi connectivity index (χ3v) is 11.9. The maximum absolute atomic E-state index is 2.82. The molecule has 3 heterocycles. The lowest BCUT2D eigenvalue weighted by Gasteiger charge is -2.52. The van der Waals surface area contributed by atoms with Crippen molar-refractivity contribution in [1.82, 2.24) is 0 Å². The van der Waals surface area contributed by atoms with Gasteiger partial charge in [0.15, 0.2) is 0 Å². The van der Waals surface area contributed by atoms with E-state index in [-0.39, 0.29) is 17.7 Å². The highest BCUT2D eigenvalue weighted by Crippen LogP contribution is 2.61. The maximum Gasteiger partial charge on any atom is 0.252 e. The molecule has 42 heavy (non-hydrogen) atoms. The highest BCUT2D eigenvalue weighted by molar-refractivity contribution is 7.00. The first kappa shape index (κ1) is 23.3. The second-order valence-electron chi connectivity index (χ2n) is 13.6. The van der Waals surface area contributed by atoms with Crippen molar-refractivity contribution in [3.05, 3.63) is 120 Å². The lowest BCUT2D eigenvalue weighted by Crippen LogP contribution is -2.65. The Morgan fingerprint density at radius 2 is 1.40 bits per heavy atom. The van der Waals surface area contributed by atoms with Gasteiger partial charge in [0.25, 0.3) is 6.71 Å². The van der Waals surface area contributed by atoms with E-state index < -0.39 is 0 Å². The van der Waals surface area contributed by atoms with Crippen LogP contribution in [0.2, 0.25) is 0 Å². The lowest BCUT2D eigenvalue weighted by molar-refractivity contribution is 0.195. The molecule has 202 valence electrons. The molecule has 3 aliphatic heterocycles. The van der Waals surface area contributed by atoms with Crippen molar-refractivity contribution in [3.8, 4) is 11.1 Å². The second-order valence-corrected chi connectivity index (χ2v) is 13.6. The van der Waals surface area contributed by atoms with E-state index in [0.717, 1.165) is 6.42 Å². The fourth-order valence-corrected chi connectivity index (χ4v) is 9.81. The number of para-hydroxylation sites is 2. The van der Waals surface area contributed by atoms with Gasteiger partial charge in [0.1, 0.15) is 0 Å². The van der Waals surface area contributed by atoms with Crippen LogP contribution in [0, 0.1) is 0 Å². The van der Waals surface area contributed by atoms with Gasteiger partial charge in [-0.15, -0.1) is 0 Å². The zero-order valence-electron chi connectivity index (χ0n) is 24.3. The van der Waals surface area contributed by atoms with Gasteiger partial charge >= 0.3 is 0 Å². The molecule has 2 atom stereocenters. The summed E-state index contributed by atoms with van der Waals surface area (Å²) >= 11 is 0. The largest absolute Gasteiger partial charge is 0.335 e. The molecule has 10 rings (SSSR count). The summed E-state index contributed by atoms with van der Waals surface area (Å²) < 4.78 is 0. The van der Waals surface area contributed by atoms with Crippen molar-refractivity contribution in [2.75, 3.05) is 9.80 Å². The fraction of sp³-hybridized carbons (Fsp3) is 0.231. The molecule has 0 N–H and O–H groups in total. The molecule has 5 aliphatic rings. The SMILES string of the molecule is CC12CCCCC1(C)N1c3cccc4c3B(c3cccc2c31)c1c(ccc2c1Cc1ccccc1-2)N4c1ccccc1. The number of anilines is 5. The van der Waals surface area contributed by atoms with Crippen LogP contribution in [0.25, 0.3) is 11.1 Å². The monoisotopic (exact) mass is 540 g/mol. The van der Waals surface area contributed by atoms with Gasteiger partial charge in [-0.05, 0) is 101 Å². The molecule has 0 saturated heterocycles. The van der Waals surface area contributed by atoms with Crippen LogP contribution >= 0.6 is 0 Å². The number of hydrogen-bond donors (Lipinski definition) is 0. The molecule has 0 radical (unpaired) electrons. The molecule has 2 nitrogen and oxygen atoms in total. The van der Waals surface area contributed by atoms with E-state index >= 15 is 0 Å². The van der Waals surface area contributed by atoms with Crippen LogP contribution < -0.4 is 26.2 Å². The molecule has 3 heteroatoms. The van der Waals surface area contributed by atoms with Gasteiger partial charge in [0.2, 0.25) is 0 Å². The van der Waals surface area contributed by atoms with Crippen LogP contribution in [-0.4, -0.2) is 12.3 Å². The summed E-state index contributed by atoms with van der Waals surface area (Å²) in [6.07, 6.45) is 6.11. The third-order valence-electron chi connectivity index (χ3n) is 11.9. The second kappa shape index (κ2) is 7.78. The zero-order valence-corrected chi connectivity index (χ0v) is 24.3. The Bertz CT molecular complexity index is 1980. The van der Waals surface area contributed by atoms with Crippen LogP contribution in [0.4, 0.5) is 28.4 Å². The van der Waals surface area contributed by atoms with Gasteiger partial charge in [-0.3, -0.25) is 0 Å². The van der Waals surface area contributed by atoms with Crippen molar-refractivity contribution in [3.63, 3.8) is 0 Å². The molecule has 2 unspecified atom stereocenters. The van der Waals surface area contributed by atoms with E-state index in [4.69, 9.17) is 0 Å². The van der Waals surface area contributed by atoms with E-state index in [1.807, 2.05) is 0 Å². The standard InChI is InChI=1S/C39H33BN2/c1-38-22-8-9-23-39(38,2)42-34-19-11-18-32-36(34)40(31-17-10-16-30(38)37(31)42)35-29-24-25-12-6-7-15-27(25)28(29)20-21-33(35)41(32)26-13-4-3-5-14-26/h3-7,10-21H,8-9,22-24H2,1-2H3. The number of hydrogen-bond acceptors (Lipinski definition) is 2. The van der Waals surface area contributed by atoms with Crippen LogP contribution in [-0.2, 0) is 11.8 Å². The van der Waals surface area contributed by atoms with E-state index in [9.17, 15) is 0 Å². The molecule has 1 saturated carbocycles. The first-order chi connectivity index (χ1) is 20.6. The average molecular weight is 541 g/mol. The highest BCUT2D eigenvalue weighted by Gasteiger charge is 2.61. The summed E-state index contributed by atoms with van der Waals surface area (Å²) in [5, 5.41) is 0. The lowest BCUT2D eigenvalue weighted by atomic mass is 9.32. The van der Waals surface area contributed by atoms with Gasteiger partial charge in [-0.25, -0.2) is 0 Å². The molecular weight excluding hydrogens is 507 g/mol. The summed E-state index contributed by atoms with van der Waals surface area (Å²) in [4.78, 5) is 5.37. The predicted octanol–water partition coefficient (Wildman–Crippen LogP) is 7.61. The normalized spacial score (nSPS) is 23.5. The van der Waals surface area contributed by atoms with Gasteiger partial charge in [-0.1, -0.05) is 92.6 Å². The Balaban J connectivity index is 1.34. The summed E-state index contributed by atoms with van der Waals surface area (Å²) in [7, 11) is 0. The van der Waals surface area contributed by atoms with Crippen molar-refractivity contribution in [1.29, 1.82) is 0 Å². The van der Waals surface area contributed by atoms with E-state index in [1.54, 1.807) is 5.56 Å². The summed E-state index contributed by atoms with van der Waals surface area (Å²) in [6.45, 7) is 5.35. The van der Waals surface area contributed by atoms with Crippen LogP contribution in [0.5, 0.6) is 0 Å². The number of nitrogens with zero attached hydrogens (tertiary/aromatic N) is 2. The summed E-state index contributed by atoms with van der Waals surface area (Å²) in [5.74, 6) is 0. The minimum Gasteiger partial charge on any atom is -0.335 e. The first-order valence-corrected chi connectivity index (χ1v) is 15.8. The maximum atomic E-state index is 2.82. The Morgan fingerprint density at radius 1 is 0.643 bits per heavy atom. The van der Waals surface area contributed by atoms with E-state index in [0.29, 0.717) is 0 Å². The Hall–Kier alpha value is -4.24. The Labute approximate surface area is 248 Å². The topological polar surface area (TPSA) is 6.48 Å². The zero-order chi connectivity index (χ0) is 27.8. The van der Waals surface area contributed by atoms with Gasteiger partial charge in [0, 0.05) is 33.9 Å². The Morgan fingerprint density at radius 3 is 2.31 bits per heavy atom. The molecule has 2 aliphatic carbocycles. The smallest absolute Gasteiger partial charge is 0.252 e. The predicted molar refractivity (Wildman–Crippen MR) is 177 cm³/mol. The quantitative estimate of drug-likeness (QED) is 0.198. The summed E-state index contributed by atoms with van der Waals surface area (Å²) in [6, 6.07) is 39.3. The van der Waals surface area contributed by atoms with Crippen molar-refractivity contribution in [2.24, 2.45) is 0 Å². The summed E-state index contributed by atoms with van der Waals surface area (Å²) in [5.41, 5.74) is 18.9. The minimum absolute atomic E-state index is 0.0660. The number of fused-ring (bicyclic) bond motifs is 11. The molecule has 5 aromatic rings. The number of benzene rings is 5. The van der Waals surface area contributed by atoms with Gasteiger partial charge in [-0.2, -0.15) is 0 Å². The van der Waals surface area contributed by atoms with Crippen LogP contribution in [0.15, 0.2) is 103 Å². The van der Waals surface area contributed by atoms with E-state index in [1.165, 1.54) is 92.8 Å². The molecule has 0 bridgehead atoms. The molecule has 0 amide bonds. The van der Waals surface area contributed by atoms with Gasteiger partial charge < -0.3 is 9.80 Å². The van der Waals surface area contributed by atoms with E-state index in [2.05, 4.69) is 127 Å². The molecule has 0 aromatic heterocycles. The van der Waals surface area contributed by atoms with Gasteiger partial charge in [0.05, 0.1) is 5.54 Å². The Kier molecular flexibility index (Phi) is 4.32. The molecule has 0 spiro atoms. The molecule has 5 aromatic carbocycles. The van der Waals surface area contributed by atoms with Crippen LogP contribution in [0.1, 0.15) is 56.2 Å². The number of rotatable bonds is 1. The van der Waals surface area contributed by atoms with Crippen molar-refractivity contribution < 1.29 is 0 Å². The molecule has 1 fully saturated rings. The van der Waals surface area contributed by atoms with Crippen molar-refractivity contribution in [2.45, 2.75) is 56.9 Å². The minimum atomic E-state index is 0.0660. The molecular formula is C39H33BN2. The average Bonchev–Trinajstić information content (AvgIpc) is 3.51. The first-order valence-electron chi connectivity index (χ1n) is 15.8. The van der Waals surface area contributed by atoms with Crippen molar-refractivity contribution >= 4 is 51.5 Å².